The van der Waals surface area contributed by atoms with Crippen molar-refractivity contribution in [3.8, 4) is 0 Å². The van der Waals surface area contributed by atoms with Gasteiger partial charge in [0.05, 0.1) is 23.6 Å². The molecule has 0 aliphatic carbocycles. The first-order chi connectivity index (χ1) is 8.09. The average molecular weight is 301 g/mol. The van der Waals surface area contributed by atoms with Crippen molar-refractivity contribution in [3.05, 3.63) is 38.3 Å². The van der Waals surface area contributed by atoms with Gasteiger partial charge in [0.15, 0.2) is 0 Å². The molecule has 1 fully saturated rings. The molecule has 17 heavy (non-hydrogen) atoms. The van der Waals surface area contributed by atoms with Crippen molar-refractivity contribution in [2.24, 2.45) is 0 Å². The van der Waals surface area contributed by atoms with Crippen molar-refractivity contribution in [2.75, 3.05) is 13.2 Å². The number of rotatable bonds is 2. The number of carbonyl (C=O) groups is 1. The zero-order chi connectivity index (χ0) is 12.4. The number of nitrogens with zero attached hydrogens (tertiary/aromatic N) is 2. The van der Waals surface area contributed by atoms with Crippen LogP contribution in [0.25, 0.3) is 0 Å². The van der Waals surface area contributed by atoms with E-state index in [0.29, 0.717) is 17.6 Å². The summed E-state index contributed by atoms with van der Waals surface area (Å²) in [5.41, 5.74) is 0.122. The number of amides is 1. The number of nitro benzene ring substituents is 1. The lowest BCUT2D eigenvalue weighted by atomic mass is 10.2. The zero-order valence-electron chi connectivity index (χ0n) is 8.76. The fourth-order valence-corrected chi connectivity index (χ4v) is 1.95. The number of nitro groups is 1. The Balaban J connectivity index is 2.32. The minimum absolute atomic E-state index is 0.115. The van der Waals surface area contributed by atoms with Gasteiger partial charge in [0.1, 0.15) is 0 Å². The molecule has 2 rings (SSSR count). The third-order valence-corrected chi connectivity index (χ3v) is 3.06. The lowest BCUT2D eigenvalue weighted by molar-refractivity contribution is -0.384. The zero-order valence-corrected chi connectivity index (χ0v) is 10.3. The second-order valence-corrected chi connectivity index (χ2v) is 4.37. The predicted octanol–water partition coefficient (Wildman–Crippen LogP) is 2.13. The monoisotopic (exact) mass is 300 g/mol. The molecule has 0 N–H and O–H groups in total. The lowest BCUT2D eigenvalue weighted by Gasteiger charge is -2.14. The van der Waals surface area contributed by atoms with E-state index in [1.165, 1.54) is 23.3 Å². The Morgan fingerprint density at radius 2 is 2.29 bits per heavy atom. The van der Waals surface area contributed by atoms with E-state index >= 15 is 0 Å². The van der Waals surface area contributed by atoms with E-state index in [9.17, 15) is 14.9 Å². The van der Waals surface area contributed by atoms with Gasteiger partial charge in [-0.25, -0.2) is 5.06 Å². The highest BCUT2D eigenvalue weighted by Gasteiger charge is 2.24. The van der Waals surface area contributed by atoms with Crippen LogP contribution >= 0.6 is 15.9 Å². The number of hydrogen-bond acceptors (Lipinski definition) is 4. The molecular formula is C10H9BrN2O4. The lowest BCUT2D eigenvalue weighted by Crippen LogP contribution is -2.26. The van der Waals surface area contributed by atoms with Gasteiger partial charge in [-0.2, -0.15) is 0 Å². The van der Waals surface area contributed by atoms with Gasteiger partial charge in [-0.1, -0.05) is 0 Å². The van der Waals surface area contributed by atoms with Crippen LogP contribution in [0.5, 0.6) is 0 Å². The molecule has 0 radical (unpaired) electrons. The summed E-state index contributed by atoms with van der Waals surface area (Å²) in [6.07, 6.45) is 0.776. The van der Waals surface area contributed by atoms with Crippen LogP contribution < -0.4 is 0 Å². The largest absolute Gasteiger partial charge is 0.278 e. The van der Waals surface area contributed by atoms with Crippen LogP contribution in [0.15, 0.2) is 22.7 Å². The maximum Gasteiger partial charge on any atom is 0.278 e. The summed E-state index contributed by atoms with van der Waals surface area (Å²) in [6, 6.07) is 4.07. The van der Waals surface area contributed by atoms with E-state index in [2.05, 4.69) is 15.9 Å². The Hall–Kier alpha value is -1.47. The predicted molar refractivity (Wildman–Crippen MR) is 62.4 cm³/mol. The van der Waals surface area contributed by atoms with Crippen LogP contribution in [-0.2, 0) is 4.84 Å². The Morgan fingerprint density at radius 1 is 1.53 bits per heavy atom. The summed E-state index contributed by atoms with van der Waals surface area (Å²) in [5, 5.41) is 11.9. The van der Waals surface area contributed by atoms with E-state index in [-0.39, 0.29) is 17.2 Å². The number of benzene rings is 1. The molecule has 0 bridgehead atoms. The minimum Gasteiger partial charge on any atom is -0.271 e. The topological polar surface area (TPSA) is 72.7 Å². The van der Waals surface area contributed by atoms with Gasteiger partial charge in [-0.05, 0) is 28.4 Å². The summed E-state index contributed by atoms with van der Waals surface area (Å²) in [6.45, 7) is 1.01. The molecule has 0 atom stereocenters. The first-order valence-electron chi connectivity index (χ1n) is 4.98. The van der Waals surface area contributed by atoms with E-state index in [4.69, 9.17) is 4.84 Å². The molecular weight excluding hydrogens is 292 g/mol. The van der Waals surface area contributed by atoms with Crippen LogP contribution in [0.3, 0.4) is 0 Å². The Labute approximate surface area is 105 Å². The van der Waals surface area contributed by atoms with E-state index in [1.54, 1.807) is 0 Å². The van der Waals surface area contributed by atoms with Crippen molar-refractivity contribution < 1.29 is 14.6 Å². The fourth-order valence-electron chi connectivity index (χ4n) is 1.53. The van der Waals surface area contributed by atoms with Crippen LogP contribution in [0.2, 0.25) is 0 Å². The van der Waals surface area contributed by atoms with E-state index in [1.807, 2.05) is 0 Å². The summed E-state index contributed by atoms with van der Waals surface area (Å²) in [5.74, 6) is -0.363. The SMILES string of the molecule is O=C(c1cc([N+](=O)[O-])ccc1Br)N1CCCO1. The highest BCUT2D eigenvalue weighted by molar-refractivity contribution is 9.10. The maximum absolute atomic E-state index is 12.0. The average Bonchev–Trinajstić information content (AvgIpc) is 2.81. The molecule has 6 nitrogen and oxygen atoms in total. The smallest absolute Gasteiger partial charge is 0.271 e. The first-order valence-corrected chi connectivity index (χ1v) is 5.77. The van der Waals surface area contributed by atoms with Gasteiger partial charge in [-0.15, -0.1) is 0 Å². The molecule has 0 unspecified atom stereocenters. The summed E-state index contributed by atoms with van der Waals surface area (Å²) in [7, 11) is 0. The molecule has 1 saturated heterocycles. The molecule has 1 amide bonds. The molecule has 1 heterocycles. The molecule has 1 aliphatic heterocycles. The molecule has 0 aromatic heterocycles. The Bertz CT molecular complexity index is 471. The molecule has 1 aromatic carbocycles. The second-order valence-electron chi connectivity index (χ2n) is 3.52. The standard InChI is InChI=1S/C10H9BrN2O4/c11-9-3-2-7(13(15)16)6-8(9)10(14)12-4-1-5-17-12/h2-3,6H,1,4-5H2. The highest BCUT2D eigenvalue weighted by atomic mass is 79.9. The van der Waals surface area contributed by atoms with Gasteiger partial charge < -0.3 is 0 Å². The van der Waals surface area contributed by atoms with Crippen molar-refractivity contribution in [1.29, 1.82) is 0 Å². The van der Waals surface area contributed by atoms with Crippen LogP contribution in [0, 0.1) is 10.1 Å². The molecule has 0 saturated carbocycles. The number of non-ortho nitro benzene ring substituents is 1. The maximum atomic E-state index is 12.0. The summed E-state index contributed by atoms with van der Waals surface area (Å²) >= 11 is 3.20. The number of hydrogen-bond donors (Lipinski definition) is 0. The van der Waals surface area contributed by atoms with Crippen molar-refractivity contribution in [3.63, 3.8) is 0 Å². The normalized spacial score (nSPS) is 15.0. The minimum atomic E-state index is -0.534. The van der Waals surface area contributed by atoms with Crippen LogP contribution in [0.4, 0.5) is 5.69 Å². The molecule has 1 aromatic rings. The number of hydroxylamine groups is 2. The van der Waals surface area contributed by atoms with Crippen LogP contribution in [0.1, 0.15) is 16.8 Å². The molecule has 90 valence electrons. The van der Waals surface area contributed by atoms with Gasteiger partial charge >= 0.3 is 0 Å². The van der Waals surface area contributed by atoms with Crippen molar-refractivity contribution >= 4 is 27.5 Å². The third kappa shape index (κ3) is 2.45. The quantitative estimate of drug-likeness (QED) is 0.619. The van der Waals surface area contributed by atoms with Crippen LogP contribution in [-0.4, -0.2) is 29.0 Å². The Kier molecular flexibility index (Phi) is 3.39. The van der Waals surface area contributed by atoms with Crippen molar-refractivity contribution in [2.45, 2.75) is 6.42 Å². The number of carbonyl (C=O) groups excluding carboxylic acids is 1. The third-order valence-electron chi connectivity index (χ3n) is 2.37. The van der Waals surface area contributed by atoms with E-state index in [0.717, 1.165) is 6.42 Å². The summed E-state index contributed by atoms with van der Waals surface area (Å²) < 4.78 is 0.517. The molecule has 1 aliphatic rings. The highest BCUT2D eigenvalue weighted by Crippen LogP contribution is 2.24. The van der Waals surface area contributed by atoms with Gasteiger partial charge in [-0.3, -0.25) is 19.7 Å². The fraction of sp³-hybridized carbons (Fsp3) is 0.300. The second kappa shape index (κ2) is 4.80. The summed E-state index contributed by atoms with van der Waals surface area (Å²) in [4.78, 5) is 27.2. The Morgan fingerprint density at radius 3 is 2.88 bits per heavy atom. The van der Waals surface area contributed by atoms with Gasteiger partial charge in [0.25, 0.3) is 11.6 Å². The van der Waals surface area contributed by atoms with E-state index < -0.39 is 4.92 Å². The van der Waals surface area contributed by atoms with Gasteiger partial charge in [0, 0.05) is 16.6 Å². The molecule has 0 spiro atoms. The molecule has 7 heteroatoms. The van der Waals surface area contributed by atoms with Crippen molar-refractivity contribution in [1.82, 2.24) is 5.06 Å². The van der Waals surface area contributed by atoms with Gasteiger partial charge in [0.2, 0.25) is 0 Å². The number of halogens is 1. The first kappa shape index (κ1) is 12.0.